The summed E-state index contributed by atoms with van der Waals surface area (Å²) in [5.41, 5.74) is 1.89. The predicted molar refractivity (Wildman–Crippen MR) is 119 cm³/mol. The van der Waals surface area contributed by atoms with Gasteiger partial charge in [0.25, 0.3) is 5.91 Å². The zero-order valence-corrected chi connectivity index (χ0v) is 18.0. The Labute approximate surface area is 185 Å². The molecule has 7 nitrogen and oxygen atoms in total. The van der Waals surface area contributed by atoms with Crippen LogP contribution in [0.5, 0.6) is 5.75 Å². The van der Waals surface area contributed by atoms with Crippen LogP contribution in [0.15, 0.2) is 72.8 Å². The Morgan fingerprint density at radius 2 is 1.44 bits per heavy atom. The van der Waals surface area contributed by atoms with Crippen LogP contribution in [0, 0.1) is 6.92 Å². The van der Waals surface area contributed by atoms with E-state index < -0.39 is 23.9 Å². The highest BCUT2D eigenvalue weighted by molar-refractivity contribution is 6.04. The number of hydrogen-bond donors (Lipinski definition) is 1. The van der Waals surface area contributed by atoms with Crippen LogP contribution >= 0.6 is 0 Å². The zero-order valence-electron chi connectivity index (χ0n) is 18.0. The second-order valence-corrected chi connectivity index (χ2v) is 6.93. The van der Waals surface area contributed by atoms with Crippen LogP contribution in [0.4, 0.5) is 5.69 Å². The molecule has 0 saturated heterocycles. The molecular formula is C25H23NO6. The molecule has 0 heterocycles. The van der Waals surface area contributed by atoms with E-state index in [0.29, 0.717) is 17.0 Å². The Balaban J connectivity index is 1.93. The van der Waals surface area contributed by atoms with Gasteiger partial charge in [-0.05, 0) is 36.8 Å². The van der Waals surface area contributed by atoms with E-state index in [1.54, 1.807) is 54.6 Å². The predicted octanol–water partition coefficient (Wildman–Crippen LogP) is 4.33. The Morgan fingerprint density at radius 3 is 2.06 bits per heavy atom. The van der Waals surface area contributed by atoms with Crippen molar-refractivity contribution in [2.75, 3.05) is 19.5 Å². The highest BCUT2D eigenvalue weighted by Crippen LogP contribution is 2.28. The topological polar surface area (TPSA) is 90.9 Å². The fourth-order valence-electron chi connectivity index (χ4n) is 3.14. The monoisotopic (exact) mass is 433 g/mol. The van der Waals surface area contributed by atoms with E-state index >= 15 is 0 Å². The van der Waals surface area contributed by atoms with Crippen LogP contribution in [0.25, 0.3) is 0 Å². The van der Waals surface area contributed by atoms with E-state index in [0.717, 1.165) is 5.56 Å². The molecule has 164 valence electrons. The lowest BCUT2D eigenvalue weighted by Crippen LogP contribution is -2.27. The van der Waals surface area contributed by atoms with Crippen molar-refractivity contribution >= 4 is 23.5 Å². The Hall–Kier alpha value is -4.13. The minimum absolute atomic E-state index is 0.00113. The minimum Gasteiger partial charge on any atom is -0.495 e. The van der Waals surface area contributed by atoms with Gasteiger partial charge in [-0.25, -0.2) is 9.59 Å². The van der Waals surface area contributed by atoms with Crippen molar-refractivity contribution in [1.82, 2.24) is 0 Å². The van der Waals surface area contributed by atoms with Crippen molar-refractivity contribution in [2.24, 2.45) is 0 Å². The van der Waals surface area contributed by atoms with Crippen LogP contribution < -0.4 is 10.1 Å². The summed E-state index contributed by atoms with van der Waals surface area (Å²) < 4.78 is 15.7. The summed E-state index contributed by atoms with van der Waals surface area (Å²) in [6.45, 7) is 1.88. The molecule has 0 radical (unpaired) electrons. The van der Waals surface area contributed by atoms with Gasteiger partial charge < -0.3 is 19.5 Å². The number of benzene rings is 3. The van der Waals surface area contributed by atoms with Crippen molar-refractivity contribution in [1.29, 1.82) is 0 Å². The molecular weight excluding hydrogens is 410 g/mol. The van der Waals surface area contributed by atoms with Gasteiger partial charge in [0, 0.05) is 5.56 Å². The molecule has 0 spiro atoms. The molecule has 1 atom stereocenters. The number of amides is 1. The van der Waals surface area contributed by atoms with Gasteiger partial charge in [0.1, 0.15) is 5.75 Å². The van der Waals surface area contributed by atoms with E-state index in [2.05, 4.69) is 5.32 Å². The molecule has 0 aliphatic rings. The Kier molecular flexibility index (Phi) is 7.23. The minimum atomic E-state index is -1.26. The van der Waals surface area contributed by atoms with Gasteiger partial charge in [-0.15, -0.1) is 0 Å². The number of methoxy groups -OCH3 is 2. The lowest BCUT2D eigenvalue weighted by Gasteiger charge is -2.20. The third kappa shape index (κ3) is 5.13. The van der Waals surface area contributed by atoms with Gasteiger partial charge in [0.05, 0.1) is 31.0 Å². The number of hydrogen-bond acceptors (Lipinski definition) is 6. The first-order valence-corrected chi connectivity index (χ1v) is 9.83. The number of carbonyl (C=O) groups excluding carboxylic acids is 3. The summed E-state index contributed by atoms with van der Waals surface area (Å²) in [6, 6.07) is 20.1. The normalized spacial score (nSPS) is 11.2. The molecule has 0 aliphatic heterocycles. The third-order valence-corrected chi connectivity index (χ3v) is 4.73. The maximum atomic E-state index is 13.2. The van der Waals surface area contributed by atoms with Gasteiger partial charge in [-0.3, -0.25) is 4.79 Å². The van der Waals surface area contributed by atoms with Crippen LogP contribution in [0.2, 0.25) is 0 Å². The Bertz CT molecular complexity index is 1130. The molecule has 3 aromatic rings. The summed E-state index contributed by atoms with van der Waals surface area (Å²) in [6.07, 6.45) is -1.26. The Morgan fingerprint density at radius 1 is 0.812 bits per heavy atom. The first-order chi connectivity index (χ1) is 15.4. The van der Waals surface area contributed by atoms with Crippen molar-refractivity contribution in [3.8, 4) is 5.75 Å². The smallest absolute Gasteiger partial charge is 0.340 e. The van der Waals surface area contributed by atoms with Gasteiger partial charge >= 0.3 is 11.9 Å². The second kappa shape index (κ2) is 10.3. The molecule has 0 fully saturated rings. The summed E-state index contributed by atoms with van der Waals surface area (Å²) in [4.78, 5) is 38.2. The number of anilines is 1. The van der Waals surface area contributed by atoms with Crippen molar-refractivity contribution < 1.29 is 28.6 Å². The highest BCUT2D eigenvalue weighted by Gasteiger charge is 2.28. The van der Waals surface area contributed by atoms with Gasteiger partial charge in [0.2, 0.25) is 6.10 Å². The fourth-order valence-corrected chi connectivity index (χ4v) is 3.14. The molecule has 0 aliphatic carbocycles. The molecule has 0 aromatic heterocycles. The summed E-state index contributed by atoms with van der Waals surface area (Å²) >= 11 is 0. The highest BCUT2D eigenvalue weighted by atomic mass is 16.5. The average Bonchev–Trinajstić information content (AvgIpc) is 2.82. The average molecular weight is 433 g/mol. The van der Waals surface area contributed by atoms with Crippen molar-refractivity contribution in [3.05, 3.63) is 95.1 Å². The molecule has 1 N–H and O–H groups in total. The largest absolute Gasteiger partial charge is 0.495 e. The molecule has 0 bridgehead atoms. The maximum absolute atomic E-state index is 13.2. The molecule has 32 heavy (non-hydrogen) atoms. The van der Waals surface area contributed by atoms with Gasteiger partial charge in [0.15, 0.2) is 0 Å². The van der Waals surface area contributed by atoms with Crippen LogP contribution in [-0.4, -0.2) is 32.1 Å². The first-order valence-electron chi connectivity index (χ1n) is 9.83. The number of nitrogens with one attached hydrogen (secondary N) is 1. The lowest BCUT2D eigenvalue weighted by atomic mass is 10.1. The van der Waals surface area contributed by atoms with Crippen LogP contribution in [0.3, 0.4) is 0 Å². The van der Waals surface area contributed by atoms with Crippen LogP contribution in [0.1, 0.15) is 37.9 Å². The van der Waals surface area contributed by atoms with E-state index in [4.69, 9.17) is 14.2 Å². The van der Waals surface area contributed by atoms with E-state index in [9.17, 15) is 14.4 Å². The molecule has 0 saturated carbocycles. The second-order valence-electron chi connectivity index (χ2n) is 6.93. The maximum Gasteiger partial charge on any atom is 0.340 e. The quantitative estimate of drug-likeness (QED) is 0.558. The number of aryl methyl sites for hydroxylation is 1. The first kappa shape index (κ1) is 22.6. The molecule has 3 rings (SSSR count). The molecule has 3 aromatic carbocycles. The van der Waals surface area contributed by atoms with E-state index in [1.165, 1.54) is 26.4 Å². The molecule has 7 heteroatoms. The summed E-state index contributed by atoms with van der Waals surface area (Å²) in [5.74, 6) is -1.60. The van der Waals surface area contributed by atoms with Crippen molar-refractivity contribution in [3.63, 3.8) is 0 Å². The lowest BCUT2D eigenvalue weighted by molar-refractivity contribution is -0.125. The van der Waals surface area contributed by atoms with Gasteiger partial charge in [-0.1, -0.05) is 48.5 Å². The van der Waals surface area contributed by atoms with E-state index in [-0.39, 0.29) is 11.1 Å². The standard InChI is InChI=1S/C25H23NO6/c1-16-13-14-21(30-2)20(15-16)26-23(27)22(17-9-5-4-6-10-17)32-25(29)19-12-8-7-11-18(19)24(28)31-3/h4-15,22H,1-3H3,(H,26,27). The molecule has 1 unspecified atom stereocenters. The van der Waals surface area contributed by atoms with Gasteiger partial charge in [-0.2, -0.15) is 0 Å². The van der Waals surface area contributed by atoms with Crippen LogP contribution in [-0.2, 0) is 14.3 Å². The summed E-state index contributed by atoms with van der Waals surface area (Å²) in [5, 5.41) is 2.77. The number of ether oxygens (including phenoxy) is 3. The summed E-state index contributed by atoms with van der Waals surface area (Å²) in [7, 11) is 2.72. The zero-order chi connectivity index (χ0) is 23.1. The number of rotatable bonds is 7. The molecule has 1 amide bonds. The number of carbonyl (C=O) groups is 3. The van der Waals surface area contributed by atoms with Crippen molar-refractivity contribution in [2.45, 2.75) is 13.0 Å². The third-order valence-electron chi connectivity index (χ3n) is 4.73. The van der Waals surface area contributed by atoms with E-state index in [1.807, 2.05) is 13.0 Å². The fraction of sp³-hybridized carbons (Fsp3) is 0.160. The number of esters is 2. The SMILES string of the molecule is COC(=O)c1ccccc1C(=O)OC(C(=O)Nc1cc(C)ccc1OC)c1ccccc1.